The molecule has 0 N–H and O–H groups in total. The third-order valence-corrected chi connectivity index (χ3v) is 5.42. The van der Waals surface area contributed by atoms with E-state index in [4.69, 9.17) is 4.98 Å². The Morgan fingerprint density at radius 2 is 1.83 bits per heavy atom. The van der Waals surface area contributed by atoms with E-state index in [1.54, 1.807) is 24.5 Å². The van der Waals surface area contributed by atoms with Crippen molar-refractivity contribution in [2.75, 3.05) is 13.1 Å². The molecule has 0 aliphatic carbocycles. The summed E-state index contributed by atoms with van der Waals surface area (Å²) in [7, 11) is 0. The van der Waals surface area contributed by atoms with Crippen LogP contribution in [0.3, 0.4) is 0 Å². The Kier molecular flexibility index (Phi) is 5.94. The quantitative estimate of drug-likeness (QED) is 0.658. The molecule has 0 spiro atoms. The van der Waals surface area contributed by atoms with Crippen LogP contribution in [0.15, 0.2) is 67.0 Å². The first-order chi connectivity index (χ1) is 14.2. The van der Waals surface area contributed by atoms with E-state index in [1.165, 1.54) is 12.1 Å². The van der Waals surface area contributed by atoms with Gasteiger partial charge in [-0.05, 0) is 60.4 Å². The fourth-order valence-corrected chi connectivity index (χ4v) is 3.87. The number of amides is 1. The lowest BCUT2D eigenvalue weighted by Crippen LogP contribution is -2.40. The SMILES string of the molecule is O=C(Cc1ccncc1)N1CCCC(c2cccc(Cc3ccc(F)cc3)n2)C1. The van der Waals surface area contributed by atoms with Gasteiger partial charge in [-0.15, -0.1) is 0 Å². The number of piperidine rings is 1. The van der Waals surface area contributed by atoms with Gasteiger partial charge in [0.05, 0.1) is 6.42 Å². The second-order valence-electron chi connectivity index (χ2n) is 7.57. The Hall–Kier alpha value is -3.08. The summed E-state index contributed by atoms with van der Waals surface area (Å²) in [6.45, 7) is 1.51. The summed E-state index contributed by atoms with van der Waals surface area (Å²) in [5.74, 6) is 0.177. The van der Waals surface area contributed by atoms with Gasteiger partial charge in [-0.2, -0.15) is 0 Å². The molecule has 1 atom stereocenters. The summed E-state index contributed by atoms with van der Waals surface area (Å²) in [5, 5.41) is 0. The fraction of sp³-hybridized carbons (Fsp3) is 0.292. The minimum Gasteiger partial charge on any atom is -0.342 e. The van der Waals surface area contributed by atoms with Gasteiger partial charge < -0.3 is 4.90 Å². The maximum Gasteiger partial charge on any atom is 0.227 e. The second kappa shape index (κ2) is 8.95. The van der Waals surface area contributed by atoms with Gasteiger partial charge in [0.2, 0.25) is 5.91 Å². The number of benzene rings is 1. The molecular formula is C24H24FN3O. The number of likely N-dealkylation sites (tertiary alicyclic amines) is 1. The second-order valence-corrected chi connectivity index (χ2v) is 7.57. The molecule has 4 nitrogen and oxygen atoms in total. The molecule has 0 bridgehead atoms. The Labute approximate surface area is 170 Å². The summed E-state index contributed by atoms with van der Waals surface area (Å²) in [6, 6.07) is 16.4. The van der Waals surface area contributed by atoms with Gasteiger partial charge in [0, 0.05) is 49.2 Å². The molecule has 0 saturated carbocycles. The molecule has 4 rings (SSSR count). The van der Waals surface area contributed by atoms with Gasteiger partial charge in [-0.3, -0.25) is 14.8 Å². The first-order valence-corrected chi connectivity index (χ1v) is 10.0. The Morgan fingerprint density at radius 1 is 1.03 bits per heavy atom. The molecule has 2 aromatic heterocycles. The smallest absolute Gasteiger partial charge is 0.227 e. The topological polar surface area (TPSA) is 46.1 Å². The highest BCUT2D eigenvalue weighted by Gasteiger charge is 2.25. The number of hydrogen-bond donors (Lipinski definition) is 0. The minimum atomic E-state index is -0.228. The fourth-order valence-electron chi connectivity index (χ4n) is 3.87. The standard InChI is InChI=1S/C24H24FN3O/c25-21-8-6-18(7-9-21)15-22-4-1-5-23(27-22)20-3-2-14-28(17-20)24(29)16-19-10-12-26-13-11-19/h1,4-13,20H,2-3,14-17H2. The summed E-state index contributed by atoms with van der Waals surface area (Å²) in [4.78, 5) is 23.6. The van der Waals surface area contributed by atoms with E-state index in [-0.39, 0.29) is 17.6 Å². The zero-order chi connectivity index (χ0) is 20.1. The van der Waals surface area contributed by atoms with Crippen molar-refractivity contribution >= 4 is 5.91 Å². The molecule has 3 aromatic rings. The van der Waals surface area contributed by atoms with Gasteiger partial charge in [-0.1, -0.05) is 18.2 Å². The average Bonchev–Trinajstić information content (AvgIpc) is 2.76. The van der Waals surface area contributed by atoms with E-state index in [2.05, 4.69) is 11.1 Å². The van der Waals surface area contributed by atoms with Crippen molar-refractivity contribution in [3.05, 3.63) is 95.3 Å². The van der Waals surface area contributed by atoms with Crippen molar-refractivity contribution in [3.63, 3.8) is 0 Å². The highest BCUT2D eigenvalue weighted by Crippen LogP contribution is 2.26. The lowest BCUT2D eigenvalue weighted by atomic mass is 9.93. The first kappa shape index (κ1) is 19.2. The van der Waals surface area contributed by atoms with Crippen molar-refractivity contribution in [2.45, 2.75) is 31.6 Å². The highest BCUT2D eigenvalue weighted by atomic mass is 19.1. The molecule has 1 aliphatic rings. The number of nitrogens with zero attached hydrogens (tertiary/aromatic N) is 3. The molecule has 1 aliphatic heterocycles. The van der Waals surface area contributed by atoms with Crippen molar-refractivity contribution in [1.82, 2.24) is 14.9 Å². The molecule has 3 heterocycles. The molecule has 1 aromatic carbocycles. The van der Waals surface area contributed by atoms with Gasteiger partial charge in [0.25, 0.3) is 0 Å². The van der Waals surface area contributed by atoms with Crippen molar-refractivity contribution in [1.29, 1.82) is 0 Å². The maximum atomic E-state index is 13.1. The molecule has 5 heteroatoms. The van der Waals surface area contributed by atoms with Crippen LogP contribution in [0.1, 0.15) is 41.3 Å². The molecule has 0 radical (unpaired) electrons. The zero-order valence-electron chi connectivity index (χ0n) is 16.3. The van der Waals surface area contributed by atoms with E-state index in [1.807, 2.05) is 29.2 Å². The Balaban J connectivity index is 1.42. The number of rotatable bonds is 5. The lowest BCUT2D eigenvalue weighted by molar-refractivity contribution is -0.131. The van der Waals surface area contributed by atoms with Crippen LogP contribution >= 0.6 is 0 Å². The number of carbonyl (C=O) groups excluding carboxylic acids is 1. The molecule has 148 valence electrons. The number of aromatic nitrogens is 2. The largest absolute Gasteiger partial charge is 0.342 e. The van der Waals surface area contributed by atoms with Crippen LogP contribution in [0.2, 0.25) is 0 Å². The predicted molar refractivity (Wildman–Crippen MR) is 110 cm³/mol. The van der Waals surface area contributed by atoms with Crippen LogP contribution in [-0.2, 0) is 17.6 Å². The van der Waals surface area contributed by atoms with Crippen molar-refractivity contribution < 1.29 is 9.18 Å². The molecule has 29 heavy (non-hydrogen) atoms. The zero-order valence-corrected chi connectivity index (χ0v) is 16.3. The van der Waals surface area contributed by atoms with Crippen LogP contribution < -0.4 is 0 Å². The summed E-state index contributed by atoms with van der Waals surface area (Å²) >= 11 is 0. The molecule has 1 saturated heterocycles. The molecular weight excluding hydrogens is 365 g/mol. The van der Waals surface area contributed by atoms with E-state index in [0.29, 0.717) is 19.4 Å². The summed E-state index contributed by atoms with van der Waals surface area (Å²) < 4.78 is 13.1. The van der Waals surface area contributed by atoms with Crippen LogP contribution in [0.4, 0.5) is 4.39 Å². The predicted octanol–water partition coefficient (Wildman–Crippen LogP) is 4.16. The summed E-state index contributed by atoms with van der Waals surface area (Å²) in [6.07, 6.45) is 6.54. The van der Waals surface area contributed by atoms with E-state index in [9.17, 15) is 9.18 Å². The first-order valence-electron chi connectivity index (χ1n) is 10.0. The molecule has 1 unspecified atom stereocenters. The van der Waals surface area contributed by atoms with Crippen LogP contribution in [0.5, 0.6) is 0 Å². The third kappa shape index (κ3) is 5.05. The Bertz CT molecular complexity index is 959. The normalized spacial score (nSPS) is 16.6. The molecule has 1 fully saturated rings. The number of carbonyl (C=O) groups is 1. The average molecular weight is 389 g/mol. The lowest BCUT2D eigenvalue weighted by Gasteiger charge is -2.32. The van der Waals surface area contributed by atoms with Gasteiger partial charge >= 0.3 is 0 Å². The third-order valence-electron chi connectivity index (χ3n) is 5.42. The van der Waals surface area contributed by atoms with Gasteiger partial charge in [-0.25, -0.2) is 4.39 Å². The number of halogens is 1. The summed E-state index contributed by atoms with van der Waals surface area (Å²) in [5.41, 5.74) is 4.03. The van der Waals surface area contributed by atoms with Crippen molar-refractivity contribution in [3.8, 4) is 0 Å². The monoisotopic (exact) mass is 389 g/mol. The van der Waals surface area contributed by atoms with Crippen molar-refractivity contribution in [2.24, 2.45) is 0 Å². The number of hydrogen-bond acceptors (Lipinski definition) is 3. The molecule has 1 amide bonds. The van der Waals surface area contributed by atoms with E-state index < -0.39 is 0 Å². The van der Waals surface area contributed by atoms with E-state index in [0.717, 1.165) is 41.9 Å². The van der Waals surface area contributed by atoms with Crippen LogP contribution in [0, 0.1) is 5.82 Å². The van der Waals surface area contributed by atoms with E-state index >= 15 is 0 Å². The maximum absolute atomic E-state index is 13.1. The number of pyridine rings is 2. The van der Waals surface area contributed by atoms with Gasteiger partial charge in [0.1, 0.15) is 5.82 Å². The highest BCUT2D eigenvalue weighted by molar-refractivity contribution is 5.78. The van der Waals surface area contributed by atoms with Crippen LogP contribution in [-0.4, -0.2) is 33.9 Å². The van der Waals surface area contributed by atoms with Gasteiger partial charge in [0.15, 0.2) is 0 Å². The van der Waals surface area contributed by atoms with Crippen LogP contribution in [0.25, 0.3) is 0 Å². The minimum absolute atomic E-state index is 0.156. The Morgan fingerprint density at radius 3 is 2.62 bits per heavy atom.